The maximum absolute atomic E-state index is 12.0. The van der Waals surface area contributed by atoms with Gasteiger partial charge in [0, 0.05) is 25.7 Å². The smallest absolute Gasteiger partial charge is 0.234 e. The maximum atomic E-state index is 12.0. The second-order valence-electron chi connectivity index (χ2n) is 6.96. The molecule has 1 amide bonds. The van der Waals surface area contributed by atoms with Crippen molar-refractivity contribution in [1.82, 2.24) is 15.5 Å². The Morgan fingerprint density at radius 3 is 2.70 bits per heavy atom. The minimum absolute atomic E-state index is 0.198. The van der Waals surface area contributed by atoms with Crippen molar-refractivity contribution in [2.45, 2.75) is 52.0 Å². The minimum atomic E-state index is 0.198. The van der Waals surface area contributed by atoms with E-state index in [1.54, 1.807) is 0 Å². The summed E-state index contributed by atoms with van der Waals surface area (Å²) in [4.78, 5) is 14.4. The minimum Gasteiger partial charge on any atom is -0.355 e. The van der Waals surface area contributed by atoms with Gasteiger partial charge in [-0.15, -0.1) is 0 Å². The fourth-order valence-corrected chi connectivity index (χ4v) is 2.85. The lowest BCUT2D eigenvalue weighted by molar-refractivity contribution is -0.122. The summed E-state index contributed by atoms with van der Waals surface area (Å²) in [5.41, 5.74) is 0. The Kier molecular flexibility index (Phi) is 6.30. The van der Waals surface area contributed by atoms with Crippen molar-refractivity contribution in [3.63, 3.8) is 0 Å². The van der Waals surface area contributed by atoms with Gasteiger partial charge >= 0.3 is 0 Å². The zero-order chi connectivity index (χ0) is 14.4. The second-order valence-corrected chi connectivity index (χ2v) is 6.96. The molecule has 4 heteroatoms. The van der Waals surface area contributed by atoms with Crippen molar-refractivity contribution in [2.24, 2.45) is 11.8 Å². The second kappa shape index (κ2) is 7.99. The first-order valence-corrected chi connectivity index (χ1v) is 8.36. The molecule has 1 saturated carbocycles. The van der Waals surface area contributed by atoms with Gasteiger partial charge in [-0.3, -0.25) is 9.69 Å². The molecule has 1 aliphatic heterocycles. The van der Waals surface area contributed by atoms with Gasteiger partial charge in [-0.2, -0.15) is 0 Å². The first kappa shape index (κ1) is 15.8. The van der Waals surface area contributed by atoms with E-state index in [2.05, 4.69) is 29.4 Å². The molecule has 0 bridgehead atoms. The van der Waals surface area contributed by atoms with Crippen LogP contribution in [0.2, 0.25) is 0 Å². The number of nitrogens with zero attached hydrogens (tertiary/aromatic N) is 1. The Labute approximate surface area is 123 Å². The predicted octanol–water partition coefficient (Wildman–Crippen LogP) is 1.61. The molecule has 20 heavy (non-hydrogen) atoms. The van der Waals surface area contributed by atoms with Crippen LogP contribution in [0, 0.1) is 11.8 Å². The van der Waals surface area contributed by atoms with Gasteiger partial charge in [-0.1, -0.05) is 13.8 Å². The Bertz CT molecular complexity index is 296. The zero-order valence-corrected chi connectivity index (χ0v) is 13.2. The molecule has 1 unspecified atom stereocenters. The summed E-state index contributed by atoms with van der Waals surface area (Å²) in [6.45, 7) is 9.06. The third kappa shape index (κ3) is 6.23. The average Bonchev–Trinajstić information content (AvgIpc) is 3.02. The van der Waals surface area contributed by atoms with E-state index in [1.165, 1.54) is 25.7 Å². The van der Waals surface area contributed by atoms with Crippen LogP contribution in [0.25, 0.3) is 0 Å². The molecule has 0 spiro atoms. The Balaban J connectivity index is 1.69. The number of carbonyl (C=O) groups is 1. The van der Waals surface area contributed by atoms with Gasteiger partial charge in [0.1, 0.15) is 0 Å². The van der Waals surface area contributed by atoms with Crippen LogP contribution < -0.4 is 10.6 Å². The van der Waals surface area contributed by atoms with Crippen LogP contribution in [0.3, 0.4) is 0 Å². The fourth-order valence-electron chi connectivity index (χ4n) is 2.85. The molecule has 1 saturated heterocycles. The third-order valence-corrected chi connectivity index (χ3v) is 4.27. The number of rotatable bonds is 9. The third-order valence-electron chi connectivity index (χ3n) is 4.27. The fraction of sp³-hybridized carbons (Fsp3) is 0.938. The molecule has 1 atom stereocenters. The van der Waals surface area contributed by atoms with E-state index < -0.39 is 0 Å². The highest BCUT2D eigenvalue weighted by atomic mass is 16.2. The zero-order valence-electron chi connectivity index (χ0n) is 13.2. The van der Waals surface area contributed by atoms with Crippen LogP contribution in [0.5, 0.6) is 0 Å². The molecule has 2 aliphatic rings. The van der Waals surface area contributed by atoms with Gasteiger partial charge < -0.3 is 10.6 Å². The van der Waals surface area contributed by atoms with E-state index >= 15 is 0 Å². The average molecular weight is 281 g/mol. The molecule has 116 valence electrons. The first-order valence-electron chi connectivity index (χ1n) is 8.36. The molecule has 2 N–H and O–H groups in total. The molecule has 1 heterocycles. The van der Waals surface area contributed by atoms with Crippen molar-refractivity contribution in [3.05, 3.63) is 0 Å². The number of hydrogen-bond acceptors (Lipinski definition) is 3. The molecular weight excluding hydrogens is 250 g/mol. The van der Waals surface area contributed by atoms with Gasteiger partial charge in [-0.05, 0) is 50.5 Å². The molecule has 2 fully saturated rings. The molecule has 0 aromatic carbocycles. The van der Waals surface area contributed by atoms with Crippen LogP contribution in [0.1, 0.15) is 46.0 Å². The van der Waals surface area contributed by atoms with Crippen molar-refractivity contribution < 1.29 is 4.79 Å². The van der Waals surface area contributed by atoms with Crippen LogP contribution in [0.15, 0.2) is 0 Å². The van der Waals surface area contributed by atoms with Gasteiger partial charge in [0.05, 0.1) is 6.54 Å². The number of amides is 1. The summed E-state index contributed by atoms with van der Waals surface area (Å²) in [7, 11) is 0. The van der Waals surface area contributed by atoms with Crippen molar-refractivity contribution in [2.75, 3.05) is 32.7 Å². The van der Waals surface area contributed by atoms with E-state index in [4.69, 9.17) is 0 Å². The summed E-state index contributed by atoms with van der Waals surface area (Å²) in [5.74, 6) is 1.70. The van der Waals surface area contributed by atoms with Crippen LogP contribution in [-0.4, -0.2) is 49.6 Å². The lowest BCUT2D eigenvalue weighted by Gasteiger charge is -2.25. The topological polar surface area (TPSA) is 44.4 Å². The Morgan fingerprint density at radius 2 is 2.10 bits per heavy atom. The van der Waals surface area contributed by atoms with Crippen LogP contribution in [-0.2, 0) is 4.79 Å². The Morgan fingerprint density at radius 1 is 1.30 bits per heavy atom. The molecule has 0 aromatic heterocycles. The van der Waals surface area contributed by atoms with E-state index in [0.29, 0.717) is 18.5 Å². The van der Waals surface area contributed by atoms with Crippen LogP contribution >= 0.6 is 0 Å². The number of carbonyl (C=O) groups excluding carboxylic acids is 1. The van der Waals surface area contributed by atoms with Gasteiger partial charge in [0.15, 0.2) is 0 Å². The summed E-state index contributed by atoms with van der Waals surface area (Å²) in [5, 5.41) is 6.60. The summed E-state index contributed by atoms with van der Waals surface area (Å²) < 4.78 is 0. The lowest BCUT2D eigenvalue weighted by atomic mass is 10.1. The summed E-state index contributed by atoms with van der Waals surface area (Å²) >= 11 is 0. The number of hydrogen-bond donors (Lipinski definition) is 2. The quantitative estimate of drug-likeness (QED) is 0.675. The van der Waals surface area contributed by atoms with E-state index in [1.807, 2.05) is 0 Å². The lowest BCUT2D eigenvalue weighted by Crippen LogP contribution is -2.44. The number of nitrogens with one attached hydrogen (secondary N) is 2. The first-order chi connectivity index (χ1) is 9.63. The van der Waals surface area contributed by atoms with Crippen molar-refractivity contribution in [1.29, 1.82) is 0 Å². The van der Waals surface area contributed by atoms with Crippen molar-refractivity contribution >= 4 is 5.91 Å². The Hall–Kier alpha value is -0.610. The molecule has 0 aromatic rings. The van der Waals surface area contributed by atoms with Crippen molar-refractivity contribution in [3.8, 4) is 0 Å². The SMILES string of the molecule is CC(C)CCNC(=O)CN(CC1CC1)CC1CCCN1. The standard InChI is InChI=1S/C16H31N3O/c1-13(2)7-9-18-16(20)12-19(10-14-5-6-14)11-15-4-3-8-17-15/h13-15,17H,3-12H2,1-2H3,(H,18,20). The predicted molar refractivity (Wildman–Crippen MR) is 82.7 cm³/mol. The monoisotopic (exact) mass is 281 g/mol. The molecule has 1 aliphatic carbocycles. The van der Waals surface area contributed by atoms with Gasteiger partial charge in [0.25, 0.3) is 0 Å². The largest absolute Gasteiger partial charge is 0.355 e. The highest BCUT2D eigenvalue weighted by Gasteiger charge is 2.27. The normalized spacial score (nSPS) is 22.7. The maximum Gasteiger partial charge on any atom is 0.234 e. The van der Waals surface area contributed by atoms with E-state index in [-0.39, 0.29) is 5.91 Å². The van der Waals surface area contributed by atoms with E-state index in [0.717, 1.165) is 38.5 Å². The summed E-state index contributed by atoms with van der Waals surface area (Å²) in [6, 6.07) is 0.595. The van der Waals surface area contributed by atoms with E-state index in [9.17, 15) is 4.79 Å². The highest BCUT2D eigenvalue weighted by molar-refractivity contribution is 5.77. The van der Waals surface area contributed by atoms with Crippen LogP contribution in [0.4, 0.5) is 0 Å². The molecule has 4 nitrogen and oxygen atoms in total. The highest BCUT2D eigenvalue weighted by Crippen LogP contribution is 2.29. The molecule has 0 radical (unpaired) electrons. The molecular formula is C16H31N3O. The van der Waals surface area contributed by atoms with Gasteiger partial charge in [0.2, 0.25) is 5.91 Å². The van der Waals surface area contributed by atoms with Gasteiger partial charge in [-0.25, -0.2) is 0 Å². The molecule has 2 rings (SSSR count). The summed E-state index contributed by atoms with van der Waals surface area (Å²) in [6.07, 6.45) is 6.31.